The van der Waals surface area contributed by atoms with Crippen molar-refractivity contribution in [2.75, 3.05) is 39.8 Å². The third-order valence-electron chi connectivity index (χ3n) is 6.05. The second-order valence-electron chi connectivity index (χ2n) is 8.49. The van der Waals surface area contributed by atoms with Crippen LogP contribution in [0.4, 0.5) is 0 Å². The van der Waals surface area contributed by atoms with Crippen molar-refractivity contribution in [2.45, 2.75) is 13.0 Å². The quantitative estimate of drug-likeness (QED) is 0.568. The first kappa shape index (κ1) is 22.5. The van der Waals surface area contributed by atoms with E-state index in [-0.39, 0.29) is 5.91 Å². The van der Waals surface area contributed by atoms with Gasteiger partial charge in [-0.15, -0.1) is 0 Å². The summed E-state index contributed by atoms with van der Waals surface area (Å²) in [6, 6.07) is 24.2. The molecule has 0 bridgehead atoms. The van der Waals surface area contributed by atoms with E-state index >= 15 is 0 Å². The lowest BCUT2D eigenvalue weighted by Gasteiger charge is -2.32. The van der Waals surface area contributed by atoms with Crippen LogP contribution in [0.3, 0.4) is 0 Å². The Labute approximate surface area is 195 Å². The van der Waals surface area contributed by atoms with E-state index < -0.39 is 0 Å². The summed E-state index contributed by atoms with van der Waals surface area (Å²) in [4.78, 5) is 17.4. The maximum absolute atomic E-state index is 12.5. The van der Waals surface area contributed by atoms with E-state index in [2.05, 4.69) is 46.4 Å². The minimum atomic E-state index is -0.0423. The number of carbonyl (C=O) groups is 1. The highest BCUT2D eigenvalue weighted by Gasteiger charge is 2.13. The summed E-state index contributed by atoms with van der Waals surface area (Å²) in [6.07, 6.45) is 0.823. The zero-order valence-electron chi connectivity index (χ0n) is 18.6. The summed E-state index contributed by atoms with van der Waals surface area (Å²) in [6.45, 7) is 6.17. The molecule has 4 nitrogen and oxygen atoms in total. The van der Waals surface area contributed by atoms with Gasteiger partial charge in [0.2, 0.25) is 0 Å². The summed E-state index contributed by atoms with van der Waals surface area (Å²) < 4.78 is 0. The second-order valence-corrected chi connectivity index (χ2v) is 8.92. The molecule has 0 aliphatic carbocycles. The highest BCUT2D eigenvalue weighted by Crippen LogP contribution is 2.22. The minimum Gasteiger partial charge on any atom is -0.352 e. The average Bonchev–Trinajstić information content (AvgIpc) is 2.82. The summed E-state index contributed by atoms with van der Waals surface area (Å²) >= 11 is 5.95. The van der Waals surface area contributed by atoms with Crippen molar-refractivity contribution in [1.82, 2.24) is 15.1 Å². The Morgan fingerprint density at radius 1 is 0.812 bits per heavy atom. The zero-order chi connectivity index (χ0) is 22.3. The molecule has 3 aromatic rings. The van der Waals surface area contributed by atoms with Gasteiger partial charge in [0.15, 0.2) is 0 Å². The van der Waals surface area contributed by atoms with Crippen molar-refractivity contribution in [3.8, 4) is 11.1 Å². The number of nitrogens with one attached hydrogen (secondary N) is 1. The third kappa shape index (κ3) is 6.19. The zero-order valence-corrected chi connectivity index (χ0v) is 19.3. The molecule has 0 aromatic heterocycles. The van der Waals surface area contributed by atoms with Gasteiger partial charge in [-0.05, 0) is 60.0 Å². The van der Waals surface area contributed by atoms with Crippen LogP contribution in [0.5, 0.6) is 0 Å². The van der Waals surface area contributed by atoms with Gasteiger partial charge in [-0.1, -0.05) is 60.1 Å². The molecule has 4 rings (SSSR count). The van der Waals surface area contributed by atoms with Crippen LogP contribution < -0.4 is 5.32 Å². The van der Waals surface area contributed by atoms with Crippen LogP contribution in [0.15, 0.2) is 72.8 Å². The lowest BCUT2D eigenvalue weighted by molar-refractivity contribution is 0.0954. The lowest BCUT2D eigenvalue weighted by atomic mass is 10.0. The van der Waals surface area contributed by atoms with Crippen LogP contribution in [0.25, 0.3) is 11.1 Å². The largest absolute Gasteiger partial charge is 0.352 e. The molecule has 1 aliphatic rings. The molecule has 1 N–H and O–H groups in total. The normalized spacial score (nSPS) is 14.9. The highest BCUT2D eigenvalue weighted by atomic mass is 35.5. The van der Waals surface area contributed by atoms with Crippen molar-refractivity contribution in [2.24, 2.45) is 0 Å². The summed E-state index contributed by atoms with van der Waals surface area (Å²) in [5, 5.41) is 3.75. The first-order valence-corrected chi connectivity index (χ1v) is 11.6. The number of likely N-dealkylation sites (N-methyl/N-ethyl adjacent to an activating group) is 1. The predicted molar refractivity (Wildman–Crippen MR) is 132 cm³/mol. The van der Waals surface area contributed by atoms with Crippen LogP contribution in [0.1, 0.15) is 21.5 Å². The van der Waals surface area contributed by atoms with E-state index in [0.717, 1.165) is 55.3 Å². The molecule has 32 heavy (non-hydrogen) atoms. The van der Waals surface area contributed by atoms with E-state index in [9.17, 15) is 4.79 Å². The second kappa shape index (κ2) is 10.8. The number of amides is 1. The maximum atomic E-state index is 12.5. The Morgan fingerprint density at radius 2 is 1.38 bits per heavy atom. The Bertz CT molecular complexity index is 1010. The van der Waals surface area contributed by atoms with Gasteiger partial charge < -0.3 is 10.2 Å². The molecular weight excluding hydrogens is 418 g/mol. The SMILES string of the molecule is CN1CCN(Cc2ccc(CCNC(=O)c3ccc(-c4ccc(Cl)cc4)cc3)cc2)CC1. The smallest absolute Gasteiger partial charge is 0.251 e. The average molecular weight is 448 g/mol. The number of halogens is 1. The van der Waals surface area contributed by atoms with Gasteiger partial charge >= 0.3 is 0 Å². The van der Waals surface area contributed by atoms with Crippen LogP contribution in [0, 0.1) is 0 Å². The van der Waals surface area contributed by atoms with E-state index in [1.165, 1.54) is 11.1 Å². The van der Waals surface area contributed by atoms with Crippen LogP contribution in [0.2, 0.25) is 5.02 Å². The van der Waals surface area contributed by atoms with Crippen molar-refractivity contribution < 1.29 is 4.79 Å². The maximum Gasteiger partial charge on any atom is 0.251 e. The molecular formula is C27H30ClN3O. The van der Waals surface area contributed by atoms with Crippen LogP contribution in [-0.4, -0.2) is 55.5 Å². The Balaban J connectivity index is 1.23. The summed E-state index contributed by atoms with van der Waals surface area (Å²) in [7, 11) is 2.18. The molecule has 0 spiro atoms. The van der Waals surface area contributed by atoms with Crippen molar-refractivity contribution in [3.63, 3.8) is 0 Å². The topological polar surface area (TPSA) is 35.6 Å². The fraction of sp³-hybridized carbons (Fsp3) is 0.296. The van der Waals surface area contributed by atoms with E-state index in [0.29, 0.717) is 12.1 Å². The number of benzene rings is 3. The molecule has 1 fully saturated rings. The molecule has 5 heteroatoms. The molecule has 0 saturated carbocycles. The fourth-order valence-corrected chi connectivity index (χ4v) is 4.08. The molecule has 0 atom stereocenters. The molecule has 0 radical (unpaired) electrons. The molecule has 166 valence electrons. The van der Waals surface area contributed by atoms with Gasteiger partial charge in [0.05, 0.1) is 0 Å². The van der Waals surface area contributed by atoms with Crippen LogP contribution >= 0.6 is 11.6 Å². The monoisotopic (exact) mass is 447 g/mol. The van der Waals surface area contributed by atoms with E-state index in [4.69, 9.17) is 11.6 Å². The van der Waals surface area contributed by atoms with Gasteiger partial charge in [0.25, 0.3) is 5.91 Å². The standard InChI is InChI=1S/C27H30ClN3O/c1-30-16-18-31(19-17-30)20-22-4-2-21(3-5-22)14-15-29-27(32)25-8-6-23(7-9-25)24-10-12-26(28)13-11-24/h2-13H,14-20H2,1H3,(H,29,32). The number of hydrogen-bond donors (Lipinski definition) is 1. The fourth-order valence-electron chi connectivity index (χ4n) is 3.95. The number of piperazine rings is 1. The molecule has 1 aliphatic heterocycles. The highest BCUT2D eigenvalue weighted by molar-refractivity contribution is 6.30. The number of carbonyl (C=O) groups excluding carboxylic acids is 1. The first-order valence-electron chi connectivity index (χ1n) is 11.2. The molecule has 1 heterocycles. The van der Waals surface area contributed by atoms with Gasteiger partial charge in [-0.3, -0.25) is 9.69 Å². The Morgan fingerprint density at radius 3 is 2.00 bits per heavy atom. The Hall–Kier alpha value is -2.66. The predicted octanol–water partition coefficient (Wildman–Crippen LogP) is 4.73. The Kier molecular flexibility index (Phi) is 7.59. The lowest BCUT2D eigenvalue weighted by Crippen LogP contribution is -2.43. The van der Waals surface area contributed by atoms with E-state index in [1.54, 1.807) is 0 Å². The van der Waals surface area contributed by atoms with Gasteiger partial charge in [0, 0.05) is 49.9 Å². The van der Waals surface area contributed by atoms with Crippen LogP contribution in [-0.2, 0) is 13.0 Å². The minimum absolute atomic E-state index is 0.0423. The molecule has 0 unspecified atom stereocenters. The number of nitrogens with zero attached hydrogens (tertiary/aromatic N) is 2. The summed E-state index contributed by atoms with van der Waals surface area (Å²) in [5.74, 6) is -0.0423. The third-order valence-corrected chi connectivity index (χ3v) is 6.30. The molecule has 3 aromatic carbocycles. The first-order chi connectivity index (χ1) is 15.6. The molecule has 1 amide bonds. The van der Waals surface area contributed by atoms with Crippen molar-refractivity contribution in [1.29, 1.82) is 0 Å². The van der Waals surface area contributed by atoms with Crippen molar-refractivity contribution in [3.05, 3.63) is 94.5 Å². The van der Waals surface area contributed by atoms with E-state index in [1.807, 2.05) is 48.5 Å². The molecule has 1 saturated heterocycles. The van der Waals surface area contributed by atoms with Gasteiger partial charge in [-0.25, -0.2) is 0 Å². The van der Waals surface area contributed by atoms with Crippen molar-refractivity contribution >= 4 is 17.5 Å². The number of rotatable bonds is 7. The van der Waals surface area contributed by atoms with Gasteiger partial charge in [0.1, 0.15) is 0 Å². The van der Waals surface area contributed by atoms with Gasteiger partial charge in [-0.2, -0.15) is 0 Å². The number of hydrogen-bond acceptors (Lipinski definition) is 3. The summed E-state index contributed by atoms with van der Waals surface area (Å²) in [5.41, 5.74) is 5.41.